The molecule has 2 atom stereocenters. The highest BCUT2D eigenvalue weighted by molar-refractivity contribution is 9.10. The highest BCUT2D eigenvalue weighted by Crippen LogP contribution is 2.23. The molecule has 1 aliphatic rings. The highest BCUT2D eigenvalue weighted by Gasteiger charge is 2.27. The molecule has 0 spiro atoms. The minimum absolute atomic E-state index is 0.0170. The van der Waals surface area contributed by atoms with Crippen LogP contribution in [0.3, 0.4) is 0 Å². The van der Waals surface area contributed by atoms with Crippen LogP contribution in [0, 0.1) is 0 Å². The van der Waals surface area contributed by atoms with Gasteiger partial charge < -0.3 is 4.90 Å². The van der Waals surface area contributed by atoms with Crippen LogP contribution < -0.4 is 4.72 Å². The molecule has 1 saturated heterocycles. The first-order valence-electron chi connectivity index (χ1n) is 6.37. The minimum atomic E-state index is -3.45. The zero-order valence-corrected chi connectivity index (χ0v) is 13.5. The smallest absolute Gasteiger partial charge is 0.241 e. The SMILES string of the molecule is CC1CC(NS(=O)(=O)c2ccccc2Br)CCN1C. The molecule has 1 aromatic carbocycles. The summed E-state index contributed by atoms with van der Waals surface area (Å²) in [7, 11) is -1.37. The molecular formula is C13H19BrN2O2S. The molecular weight excluding hydrogens is 328 g/mol. The number of nitrogens with zero attached hydrogens (tertiary/aromatic N) is 1. The molecule has 0 radical (unpaired) electrons. The van der Waals surface area contributed by atoms with Crippen LogP contribution in [0.4, 0.5) is 0 Å². The highest BCUT2D eigenvalue weighted by atomic mass is 79.9. The van der Waals surface area contributed by atoms with E-state index in [-0.39, 0.29) is 6.04 Å². The molecule has 0 aromatic heterocycles. The topological polar surface area (TPSA) is 49.4 Å². The molecule has 1 heterocycles. The van der Waals surface area contributed by atoms with E-state index in [0.29, 0.717) is 15.4 Å². The summed E-state index contributed by atoms with van der Waals surface area (Å²) in [4.78, 5) is 2.56. The van der Waals surface area contributed by atoms with E-state index in [1.54, 1.807) is 24.3 Å². The van der Waals surface area contributed by atoms with Gasteiger partial charge in [-0.1, -0.05) is 12.1 Å². The molecule has 1 N–H and O–H groups in total. The van der Waals surface area contributed by atoms with Crippen molar-refractivity contribution >= 4 is 26.0 Å². The van der Waals surface area contributed by atoms with Gasteiger partial charge in [-0.3, -0.25) is 0 Å². The van der Waals surface area contributed by atoms with E-state index >= 15 is 0 Å². The summed E-state index contributed by atoms with van der Waals surface area (Å²) in [6.07, 6.45) is 1.70. The third-order valence-corrected chi connectivity index (χ3v) is 6.19. The van der Waals surface area contributed by atoms with E-state index < -0.39 is 10.0 Å². The molecule has 0 amide bonds. The standard InChI is InChI=1S/C13H19BrN2O2S/c1-10-9-11(7-8-16(10)2)15-19(17,18)13-6-4-3-5-12(13)14/h3-6,10-11,15H,7-9H2,1-2H3. The van der Waals surface area contributed by atoms with Crippen molar-refractivity contribution in [1.82, 2.24) is 9.62 Å². The predicted octanol–water partition coefficient (Wildman–Crippen LogP) is 2.21. The molecule has 6 heteroatoms. The van der Waals surface area contributed by atoms with Gasteiger partial charge in [0.05, 0.1) is 4.90 Å². The zero-order chi connectivity index (χ0) is 14.0. The Morgan fingerprint density at radius 2 is 2.05 bits per heavy atom. The van der Waals surface area contributed by atoms with Crippen molar-refractivity contribution in [1.29, 1.82) is 0 Å². The van der Waals surface area contributed by atoms with Crippen molar-refractivity contribution < 1.29 is 8.42 Å². The lowest BCUT2D eigenvalue weighted by atomic mass is 10.0. The second-order valence-electron chi connectivity index (χ2n) is 5.10. The van der Waals surface area contributed by atoms with Crippen LogP contribution in [0.1, 0.15) is 19.8 Å². The van der Waals surface area contributed by atoms with Crippen LogP contribution in [-0.4, -0.2) is 39.0 Å². The van der Waals surface area contributed by atoms with E-state index in [4.69, 9.17) is 0 Å². The molecule has 2 unspecified atom stereocenters. The molecule has 106 valence electrons. The molecule has 4 nitrogen and oxygen atoms in total. The van der Waals surface area contributed by atoms with Crippen LogP contribution >= 0.6 is 15.9 Å². The second-order valence-corrected chi connectivity index (χ2v) is 7.64. The van der Waals surface area contributed by atoms with Crippen molar-refractivity contribution in [2.45, 2.75) is 36.7 Å². The van der Waals surface area contributed by atoms with Crippen molar-refractivity contribution in [2.75, 3.05) is 13.6 Å². The fraction of sp³-hybridized carbons (Fsp3) is 0.538. The Hall–Kier alpha value is -0.430. The minimum Gasteiger partial charge on any atom is -0.304 e. The first kappa shape index (κ1) is 15.0. The van der Waals surface area contributed by atoms with Crippen molar-refractivity contribution in [2.24, 2.45) is 0 Å². The van der Waals surface area contributed by atoms with Gasteiger partial charge in [0, 0.05) is 16.6 Å². The van der Waals surface area contributed by atoms with Crippen LogP contribution in [0.15, 0.2) is 33.6 Å². The molecule has 0 aliphatic carbocycles. The lowest BCUT2D eigenvalue weighted by Gasteiger charge is -2.35. The van der Waals surface area contributed by atoms with Gasteiger partial charge in [-0.2, -0.15) is 0 Å². The van der Waals surface area contributed by atoms with Gasteiger partial charge in [-0.15, -0.1) is 0 Å². The van der Waals surface area contributed by atoms with E-state index in [0.717, 1.165) is 19.4 Å². The van der Waals surface area contributed by atoms with E-state index in [1.165, 1.54) is 0 Å². The lowest BCUT2D eigenvalue weighted by Crippen LogP contribution is -2.47. The average molecular weight is 347 g/mol. The molecule has 1 aliphatic heterocycles. The number of nitrogens with one attached hydrogen (secondary N) is 1. The molecule has 2 rings (SSSR count). The van der Waals surface area contributed by atoms with E-state index in [2.05, 4.69) is 39.5 Å². The summed E-state index contributed by atoms with van der Waals surface area (Å²) in [6, 6.07) is 7.32. The Bertz CT molecular complexity index is 547. The second kappa shape index (κ2) is 5.91. The van der Waals surface area contributed by atoms with Crippen molar-refractivity contribution in [3.8, 4) is 0 Å². The maximum absolute atomic E-state index is 12.4. The number of hydrogen-bond donors (Lipinski definition) is 1. The number of benzene rings is 1. The number of hydrogen-bond acceptors (Lipinski definition) is 3. The van der Waals surface area contributed by atoms with Gasteiger partial charge in [-0.05, 0) is 61.4 Å². The maximum Gasteiger partial charge on any atom is 0.241 e. The monoisotopic (exact) mass is 346 g/mol. The zero-order valence-electron chi connectivity index (χ0n) is 11.1. The summed E-state index contributed by atoms with van der Waals surface area (Å²) in [5.41, 5.74) is 0. The predicted molar refractivity (Wildman–Crippen MR) is 79.6 cm³/mol. The van der Waals surface area contributed by atoms with E-state index in [1.807, 2.05) is 0 Å². The Labute approximate surface area is 123 Å². The summed E-state index contributed by atoms with van der Waals surface area (Å²) in [6.45, 7) is 3.04. The first-order valence-corrected chi connectivity index (χ1v) is 8.65. The summed E-state index contributed by atoms with van der Waals surface area (Å²) >= 11 is 3.29. The Kier molecular flexibility index (Phi) is 4.66. The Morgan fingerprint density at radius 3 is 2.68 bits per heavy atom. The van der Waals surface area contributed by atoms with Crippen molar-refractivity contribution in [3.63, 3.8) is 0 Å². The number of sulfonamides is 1. The molecule has 19 heavy (non-hydrogen) atoms. The Morgan fingerprint density at radius 1 is 1.37 bits per heavy atom. The molecule has 1 fully saturated rings. The quantitative estimate of drug-likeness (QED) is 0.912. The molecule has 1 aromatic rings. The van der Waals surface area contributed by atoms with Crippen molar-refractivity contribution in [3.05, 3.63) is 28.7 Å². The summed E-state index contributed by atoms with van der Waals surface area (Å²) < 4.78 is 28.1. The van der Waals surface area contributed by atoms with Crippen LogP contribution in [0.2, 0.25) is 0 Å². The summed E-state index contributed by atoms with van der Waals surface area (Å²) in [5.74, 6) is 0. The van der Waals surface area contributed by atoms with Gasteiger partial charge in [0.15, 0.2) is 0 Å². The van der Waals surface area contributed by atoms with Crippen LogP contribution in [-0.2, 0) is 10.0 Å². The van der Waals surface area contributed by atoms with Crippen LogP contribution in [0.5, 0.6) is 0 Å². The fourth-order valence-corrected chi connectivity index (χ4v) is 4.63. The van der Waals surface area contributed by atoms with Gasteiger partial charge in [0.25, 0.3) is 0 Å². The lowest BCUT2D eigenvalue weighted by molar-refractivity contribution is 0.178. The molecule has 0 saturated carbocycles. The van der Waals surface area contributed by atoms with Gasteiger partial charge >= 0.3 is 0 Å². The number of piperidine rings is 1. The van der Waals surface area contributed by atoms with Gasteiger partial charge in [0.2, 0.25) is 10.0 Å². The summed E-state index contributed by atoms with van der Waals surface area (Å²) in [5, 5.41) is 0. The fourth-order valence-electron chi connectivity index (χ4n) is 2.34. The normalized spacial score (nSPS) is 25.4. The largest absolute Gasteiger partial charge is 0.304 e. The van der Waals surface area contributed by atoms with Crippen LogP contribution in [0.25, 0.3) is 0 Å². The molecule has 0 bridgehead atoms. The first-order chi connectivity index (χ1) is 8.90. The van der Waals surface area contributed by atoms with Gasteiger partial charge in [-0.25, -0.2) is 13.1 Å². The van der Waals surface area contributed by atoms with Gasteiger partial charge in [0.1, 0.15) is 0 Å². The number of likely N-dealkylation sites (tertiary alicyclic amines) is 1. The third kappa shape index (κ3) is 3.56. The number of rotatable bonds is 3. The maximum atomic E-state index is 12.4. The average Bonchev–Trinajstić information content (AvgIpc) is 2.34. The Balaban J connectivity index is 2.12. The number of halogens is 1. The van der Waals surface area contributed by atoms with E-state index in [9.17, 15) is 8.42 Å². The third-order valence-electron chi connectivity index (χ3n) is 3.66.